The molecule has 162 valence electrons. The molecule has 2 aliphatic rings. The second-order valence-electron chi connectivity index (χ2n) is 8.35. The van der Waals surface area contributed by atoms with Crippen LogP contribution in [0.3, 0.4) is 0 Å². The number of rotatable bonds is 6. The largest absolute Gasteiger partial charge is 0.342 e. The van der Waals surface area contributed by atoms with E-state index in [-0.39, 0.29) is 55.7 Å². The van der Waals surface area contributed by atoms with E-state index in [0.29, 0.717) is 12.1 Å². The van der Waals surface area contributed by atoms with Crippen molar-refractivity contribution in [1.29, 1.82) is 0 Å². The average Bonchev–Trinajstić information content (AvgIpc) is 2.67. The average molecular weight is 460 g/mol. The molecule has 0 saturated heterocycles. The Balaban J connectivity index is 0.000000523. The zero-order chi connectivity index (χ0) is 21.1. The number of nitrogens with zero attached hydrogens (tertiary/aromatic N) is 2. The summed E-state index contributed by atoms with van der Waals surface area (Å²) in [6.45, 7) is 2.93. The molecular formula is C22H38N2O4Zn. The van der Waals surface area contributed by atoms with Gasteiger partial charge in [-0.05, 0) is 39.5 Å². The predicted octanol–water partition coefficient (Wildman–Crippen LogP) is 3.51. The molecule has 0 aromatic heterocycles. The third-order valence-corrected chi connectivity index (χ3v) is 5.83. The smallest absolute Gasteiger partial charge is 0.229 e. The summed E-state index contributed by atoms with van der Waals surface area (Å²) in [5, 5.41) is 0. The molecule has 6 nitrogen and oxygen atoms in total. The van der Waals surface area contributed by atoms with Crippen LogP contribution in [0.25, 0.3) is 0 Å². The quantitative estimate of drug-likeness (QED) is 0.450. The van der Waals surface area contributed by atoms with Gasteiger partial charge in [0.1, 0.15) is 11.6 Å². The van der Waals surface area contributed by atoms with Gasteiger partial charge < -0.3 is 9.80 Å². The zero-order valence-corrected chi connectivity index (χ0v) is 21.8. The molecule has 0 spiro atoms. The van der Waals surface area contributed by atoms with Crippen LogP contribution in [0, 0.1) is 0 Å². The first kappa shape index (κ1) is 27.9. The molecule has 2 fully saturated rings. The molecule has 2 saturated carbocycles. The van der Waals surface area contributed by atoms with Crippen LogP contribution in [0.4, 0.5) is 0 Å². The summed E-state index contributed by atoms with van der Waals surface area (Å²) < 4.78 is 0. The minimum atomic E-state index is -0.0438. The van der Waals surface area contributed by atoms with Gasteiger partial charge in [-0.2, -0.15) is 0 Å². The van der Waals surface area contributed by atoms with Crippen molar-refractivity contribution in [3.05, 3.63) is 0 Å². The van der Waals surface area contributed by atoms with Gasteiger partial charge in [0.05, 0.1) is 12.8 Å². The number of amides is 2. The van der Waals surface area contributed by atoms with Crippen molar-refractivity contribution in [2.45, 2.75) is 103 Å². The van der Waals surface area contributed by atoms with E-state index in [1.54, 1.807) is 9.80 Å². The minimum Gasteiger partial charge on any atom is -0.342 e. The molecule has 2 amide bonds. The normalized spacial score (nSPS) is 17.2. The Labute approximate surface area is 188 Å². The van der Waals surface area contributed by atoms with Crippen LogP contribution >= 0.6 is 0 Å². The maximum Gasteiger partial charge on any atom is 0.229 e. The molecule has 7 heteroatoms. The van der Waals surface area contributed by atoms with Crippen molar-refractivity contribution < 1.29 is 38.7 Å². The number of carbonyl (C=O) groups excluding carboxylic acids is 4. The summed E-state index contributed by atoms with van der Waals surface area (Å²) in [5.41, 5.74) is 0. The van der Waals surface area contributed by atoms with Gasteiger partial charge in [0, 0.05) is 45.7 Å². The molecule has 29 heavy (non-hydrogen) atoms. The fourth-order valence-corrected chi connectivity index (χ4v) is 4.02. The Morgan fingerprint density at radius 1 is 0.621 bits per heavy atom. The monoisotopic (exact) mass is 458 g/mol. The standard InChI is InChI=1S/2C11H19NO2.Zn/c2*1-9(13)8-11(14)12(2)10-6-4-3-5-7-10;/h2*10H,3-8H2,1-2H3;. The van der Waals surface area contributed by atoms with E-state index in [0.717, 1.165) is 25.7 Å². The number of hydrogen-bond donors (Lipinski definition) is 0. The molecule has 0 radical (unpaired) electrons. The van der Waals surface area contributed by atoms with Crippen LogP contribution in [-0.2, 0) is 38.7 Å². The summed E-state index contributed by atoms with van der Waals surface area (Å²) in [6, 6.07) is 0.742. The SMILES string of the molecule is CC(=O)CC(=O)N(C)C1CCCCC1.CC(=O)CC(=O)N(C)C1CCCCC1.[Zn]. The Kier molecular flexibility index (Phi) is 14.3. The second-order valence-corrected chi connectivity index (χ2v) is 8.35. The van der Waals surface area contributed by atoms with Crippen molar-refractivity contribution in [1.82, 2.24) is 9.80 Å². The van der Waals surface area contributed by atoms with Crippen LogP contribution in [0.2, 0.25) is 0 Å². The predicted molar refractivity (Wildman–Crippen MR) is 110 cm³/mol. The van der Waals surface area contributed by atoms with Crippen molar-refractivity contribution in [2.75, 3.05) is 14.1 Å². The zero-order valence-electron chi connectivity index (χ0n) is 18.9. The number of hydrogen-bond acceptors (Lipinski definition) is 4. The van der Waals surface area contributed by atoms with Gasteiger partial charge in [0.15, 0.2) is 0 Å². The van der Waals surface area contributed by atoms with Gasteiger partial charge in [-0.3, -0.25) is 19.2 Å². The molecule has 2 rings (SSSR count). The molecule has 0 bridgehead atoms. The molecule has 0 N–H and O–H groups in total. The van der Waals surface area contributed by atoms with E-state index in [1.165, 1.54) is 52.4 Å². The van der Waals surface area contributed by atoms with Gasteiger partial charge in [0.2, 0.25) is 11.8 Å². The first-order valence-electron chi connectivity index (χ1n) is 10.7. The van der Waals surface area contributed by atoms with Crippen molar-refractivity contribution in [3.63, 3.8) is 0 Å². The molecule has 0 aromatic carbocycles. The van der Waals surface area contributed by atoms with E-state index >= 15 is 0 Å². The van der Waals surface area contributed by atoms with Crippen LogP contribution in [0.15, 0.2) is 0 Å². The molecule has 2 aliphatic carbocycles. The topological polar surface area (TPSA) is 74.8 Å². The number of ketones is 2. The van der Waals surface area contributed by atoms with E-state index in [9.17, 15) is 19.2 Å². The Morgan fingerprint density at radius 2 is 0.897 bits per heavy atom. The molecule has 0 aromatic rings. The second kappa shape index (κ2) is 14.8. The van der Waals surface area contributed by atoms with Gasteiger partial charge >= 0.3 is 0 Å². The van der Waals surface area contributed by atoms with E-state index in [1.807, 2.05) is 14.1 Å². The summed E-state index contributed by atoms with van der Waals surface area (Å²) >= 11 is 0. The molecule has 0 heterocycles. The van der Waals surface area contributed by atoms with Crippen LogP contribution in [0.1, 0.15) is 90.9 Å². The third-order valence-electron chi connectivity index (χ3n) is 5.83. The Morgan fingerprint density at radius 3 is 1.14 bits per heavy atom. The molecule has 0 aliphatic heterocycles. The Hall–Kier alpha value is -1.10. The van der Waals surface area contributed by atoms with E-state index < -0.39 is 0 Å². The van der Waals surface area contributed by atoms with Gasteiger partial charge in [-0.25, -0.2) is 0 Å². The first-order chi connectivity index (χ1) is 13.2. The van der Waals surface area contributed by atoms with Crippen molar-refractivity contribution >= 4 is 23.4 Å². The van der Waals surface area contributed by atoms with Crippen LogP contribution < -0.4 is 0 Å². The van der Waals surface area contributed by atoms with Crippen LogP contribution in [-0.4, -0.2) is 59.4 Å². The molecule has 0 atom stereocenters. The summed E-state index contributed by atoms with van der Waals surface area (Å²) in [6.07, 6.45) is 11.9. The van der Waals surface area contributed by atoms with Gasteiger partial charge in [-0.15, -0.1) is 0 Å². The van der Waals surface area contributed by atoms with E-state index in [2.05, 4.69) is 0 Å². The first-order valence-corrected chi connectivity index (χ1v) is 10.7. The number of Topliss-reactive ketones (excluding diaryl/α,β-unsaturated/α-hetero) is 2. The van der Waals surface area contributed by atoms with Gasteiger partial charge in [-0.1, -0.05) is 38.5 Å². The fraction of sp³-hybridized carbons (Fsp3) is 0.818. The summed E-state index contributed by atoms with van der Waals surface area (Å²) in [4.78, 5) is 48.2. The Bertz CT molecular complexity index is 493. The summed E-state index contributed by atoms with van der Waals surface area (Å²) in [5.74, 6) is -0.135. The van der Waals surface area contributed by atoms with Crippen molar-refractivity contribution in [2.24, 2.45) is 0 Å². The number of carbonyl (C=O) groups is 4. The summed E-state index contributed by atoms with van der Waals surface area (Å²) in [7, 11) is 3.64. The maximum absolute atomic E-state index is 11.6. The van der Waals surface area contributed by atoms with Crippen molar-refractivity contribution in [3.8, 4) is 0 Å². The van der Waals surface area contributed by atoms with E-state index in [4.69, 9.17) is 0 Å². The fourth-order valence-electron chi connectivity index (χ4n) is 4.02. The minimum absolute atomic E-state index is 0. The molecular weight excluding hydrogens is 422 g/mol. The van der Waals surface area contributed by atoms with Crippen LogP contribution in [0.5, 0.6) is 0 Å². The third kappa shape index (κ3) is 11.0. The maximum atomic E-state index is 11.6. The molecule has 0 unspecified atom stereocenters. The van der Waals surface area contributed by atoms with Gasteiger partial charge in [0.25, 0.3) is 0 Å².